The van der Waals surface area contributed by atoms with Gasteiger partial charge in [0.25, 0.3) is 0 Å². The van der Waals surface area contributed by atoms with Gasteiger partial charge >= 0.3 is 0 Å². The first-order valence-corrected chi connectivity index (χ1v) is 9.02. The number of hydrogen-bond acceptors (Lipinski definition) is 5. The van der Waals surface area contributed by atoms with Gasteiger partial charge in [0.1, 0.15) is 12.1 Å². The molecule has 0 aliphatic carbocycles. The Bertz CT molecular complexity index is 1060. The van der Waals surface area contributed by atoms with Gasteiger partial charge in [-0.05, 0) is 64.6 Å². The number of rotatable bonds is 4. The molecular weight excluding hydrogens is 441 g/mol. The Morgan fingerprint density at radius 3 is 2.42 bits per heavy atom. The number of nitrogen functional groups attached to an aromatic ring is 1. The van der Waals surface area contributed by atoms with Gasteiger partial charge in [-0.2, -0.15) is 0 Å². The number of hydrazine groups is 1. The molecule has 2 aromatic carbocycles. The lowest BCUT2D eigenvalue weighted by molar-refractivity contribution is 0.415. The van der Waals surface area contributed by atoms with Gasteiger partial charge in [-0.3, -0.25) is 0 Å². The molecule has 26 heavy (non-hydrogen) atoms. The number of benzene rings is 2. The number of nitrogens with zero attached hydrogens (tertiary/aromatic N) is 3. The number of fused-ring (bicyclic) bond motifs is 1. The third kappa shape index (κ3) is 2.89. The number of ether oxygens (including phenoxy) is 1. The molecule has 2 heterocycles. The molecule has 4 rings (SSSR count). The van der Waals surface area contributed by atoms with Gasteiger partial charge in [0.05, 0.1) is 12.5 Å². The summed E-state index contributed by atoms with van der Waals surface area (Å²) in [5.41, 5.74) is 6.53. The molecule has 7 heteroatoms. The predicted molar refractivity (Wildman–Crippen MR) is 111 cm³/mol. The van der Waals surface area contributed by atoms with E-state index < -0.39 is 0 Å². The minimum atomic E-state index is 0.588. The standard InChI is InChI=1S/C19H16IN5O/c1-26-15-8-2-12(3-9-15)16-10-25(14-6-4-13(20)5-7-14)19-17(16)18(24-21)22-11-23-19/h2-11H,21H2,1H3,(H,22,23,24). The monoisotopic (exact) mass is 457 g/mol. The first-order chi connectivity index (χ1) is 12.7. The van der Waals surface area contributed by atoms with E-state index in [1.165, 1.54) is 9.90 Å². The number of hydrogen-bond donors (Lipinski definition) is 2. The first-order valence-electron chi connectivity index (χ1n) is 7.94. The fraction of sp³-hybridized carbons (Fsp3) is 0.0526. The minimum absolute atomic E-state index is 0.588. The van der Waals surface area contributed by atoms with Crippen LogP contribution in [-0.4, -0.2) is 21.6 Å². The zero-order valence-corrected chi connectivity index (χ0v) is 16.1. The van der Waals surface area contributed by atoms with Crippen molar-refractivity contribution >= 4 is 39.4 Å². The molecule has 0 amide bonds. The van der Waals surface area contributed by atoms with E-state index in [9.17, 15) is 0 Å². The molecule has 0 unspecified atom stereocenters. The minimum Gasteiger partial charge on any atom is -0.497 e. The Balaban J connectivity index is 1.98. The van der Waals surface area contributed by atoms with Crippen molar-refractivity contribution in [3.8, 4) is 22.6 Å². The summed E-state index contributed by atoms with van der Waals surface area (Å²) in [6, 6.07) is 16.2. The van der Waals surface area contributed by atoms with Gasteiger partial charge < -0.3 is 14.7 Å². The van der Waals surface area contributed by atoms with E-state index in [4.69, 9.17) is 10.6 Å². The van der Waals surface area contributed by atoms with Crippen molar-refractivity contribution in [2.45, 2.75) is 0 Å². The highest BCUT2D eigenvalue weighted by atomic mass is 127. The second-order valence-corrected chi connectivity index (χ2v) is 6.93. The fourth-order valence-corrected chi connectivity index (χ4v) is 3.32. The van der Waals surface area contributed by atoms with E-state index in [0.29, 0.717) is 5.82 Å². The smallest absolute Gasteiger partial charge is 0.153 e. The van der Waals surface area contributed by atoms with Gasteiger partial charge in [0, 0.05) is 21.0 Å². The van der Waals surface area contributed by atoms with Crippen molar-refractivity contribution in [1.29, 1.82) is 0 Å². The Hall–Kier alpha value is -2.65. The lowest BCUT2D eigenvalue weighted by atomic mass is 10.1. The molecule has 6 nitrogen and oxygen atoms in total. The zero-order chi connectivity index (χ0) is 18.1. The van der Waals surface area contributed by atoms with Gasteiger partial charge in [0.2, 0.25) is 0 Å². The van der Waals surface area contributed by atoms with Crippen LogP contribution in [0.25, 0.3) is 27.8 Å². The fourth-order valence-electron chi connectivity index (χ4n) is 2.96. The molecule has 0 saturated carbocycles. The van der Waals surface area contributed by atoms with Crippen LogP contribution in [0.2, 0.25) is 0 Å². The molecule has 3 N–H and O–H groups in total. The molecule has 130 valence electrons. The van der Waals surface area contributed by atoms with Gasteiger partial charge in [0.15, 0.2) is 11.5 Å². The van der Waals surface area contributed by atoms with Crippen LogP contribution in [0.3, 0.4) is 0 Å². The average molecular weight is 457 g/mol. The summed E-state index contributed by atoms with van der Waals surface area (Å²) >= 11 is 2.29. The van der Waals surface area contributed by atoms with E-state index in [1.54, 1.807) is 7.11 Å². The van der Waals surface area contributed by atoms with Crippen LogP contribution in [-0.2, 0) is 0 Å². The molecular formula is C19H16IN5O. The molecule has 0 radical (unpaired) electrons. The number of aromatic nitrogens is 3. The van der Waals surface area contributed by atoms with E-state index in [1.807, 2.05) is 28.8 Å². The summed E-state index contributed by atoms with van der Waals surface area (Å²) in [6.45, 7) is 0. The van der Waals surface area contributed by atoms with Crippen molar-refractivity contribution < 1.29 is 4.74 Å². The predicted octanol–water partition coefficient (Wildman–Crippen LogP) is 3.99. The molecule has 0 aliphatic heterocycles. The number of halogens is 1. The van der Waals surface area contributed by atoms with Crippen LogP contribution >= 0.6 is 22.6 Å². The number of methoxy groups -OCH3 is 1. The Kier molecular flexibility index (Phi) is 4.48. The highest BCUT2D eigenvalue weighted by molar-refractivity contribution is 14.1. The van der Waals surface area contributed by atoms with Gasteiger partial charge in [-0.15, -0.1) is 0 Å². The lowest BCUT2D eigenvalue weighted by Crippen LogP contribution is -2.09. The van der Waals surface area contributed by atoms with Crippen LogP contribution in [0, 0.1) is 3.57 Å². The van der Waals surface area contributed by atoms with Crippen LogP contribution in [0.4, 0.5) is 5.82 Å². The maximum Gasteiger partial charge on any atom is 0.153 e. The van der Waals surface area contributed by atoms with Crippen molar-refractivity contribution in [3.05, 3.63) is 64.6 Å². The van der Waals surface area contributed by atoms with Crippen LogP contribution in [0.5, 0.6) is 5.75 Å². The lowest BCUT2D eigenvalue weighted by Gasteiger charge is -2.06. The van der Waals surface area contributed by atoms with Crippen LogP contribution in [0.15, 0.2) is 61.1 Å². The maximum absolute atomic E-state index is 5.71. The van der Waals surface area contributed by atoms with E-state index in [2.05, 4.69) is 68.4 Å². The third-order valence-corrected chi connectivity index (χ3v) is 4.94. The Morgan fingerprint density at radius 1 is 1.04 bits per heavy atom. The summed E-state index contributed by atoms with van der Waals surface area (Å²) < 4.78 is 8.49. The molecule has 2 aromatic heterocycles. The quantitative estimate of drug-likeness (QED) is 0.275. The summed E-state index contributed by atoms with van der Waals surface area (Å²) in [7, 11) is 1.65. The molecule has 0 spiro atoms. The van der Waals surface area contributed by atoms with Gasteiger partial charge in [-0.25, -0.2) is 15.8 Å². The highest BCUT2D eigenvalue weighted by Gasteiger charge is 2.17. The SMILES string of the molecule is COc1ccc(-c2cn(-c3ccc(I)cc3)c3ncnc(NN)c23)cc1. The Morgan fingerprint density at radius 2 is 1.77 bits per heavy atom. The van der Waals surface area contributed by atoms with Crippen LogP contribution < -0.4 is 16.0 Å². The number of anilines is 1. The van der Waals surface area contributed by atoms with Crippen molar-refractivity contribution in [1.82, 2.24) is 14.5 Å². The third-order valence-electron chi connectivity index (χ3n) is 4.23. The number of nitrogens with two attached hydrogens (primary N) is 1. The van der Waals surface area contributed by atoms with Crippen molar-refractivity contribution in [3.63, 3.8) is 0 Å². The zero-order valence-electron chi connectivity index (χ0n) is 14.0. The average Bonchev–Trinajstić information content (AvgIpc) is 3.08. The topological polar surface area (TPSA) is 78.0 Å². The van der Waals surface area contributed by atoms with E-state index in [0.717, 1.165) is 33.6 Å². The molecule has 4 aromatic rings. The molecule has 0 bridgehead atoms. The largest absolute Gasteiger partial charge is 0.497 e. The normalized spacial score (nSPS) is 10.9. The second-order valence-electron chi connectivity index (χ2n) is 5.68. The first kappa shape index (κ1) is 16.8. The summed E-state index contributed by atoms with van der Waals surface area (Å²) in [5.74, 6) is 7.10. The maximum atomic E-state index is 5.71. The van der Waals surface area contributed by atoms with Crippen molar-refractivity contribution in [2.75, 3.05) is 12.5 Å². The van der Waals surface area contributed by atoms with Crippen molar-refractivity contribution in [2.24, 2.45) is 5.84 Å². The molecule has 0 saturated heterocycles. The highest BCUT2D eigenvalue weighted by Crippen LogP contribution is 2.35. The van der Waals surface area contributed by atoms with E-state index in [-0.39, 0.29) is 0 Å². The summed E-state index contributed by atoms with van der Waals surface area (Å²) in [5, 5.41) is 0.874. The molecule has 0 atom stereocenters. The number of nitrogens with one attached hydrogen (secondary N) is 1. The molecule has 0 fully saturated rings. The Labute approximate surface area is 164 Å². The van der Waals surface area contributed by atoms with Crippen LogP contribution in [0.1, 0.15) is 0 Å². The second kappa shape index (κ2) is 6.93. The van der Waals surface area contributed by atoms with Gasteiger partial charge in [-0.1, -0.05) is 12.1 Å². The molecule has 0 aliphatic rings. The van der Waals surface area contributed by atoms with E-state index >= 15 is 0 Å². The summed E-state index contributed by atoms with van der Waals surface area (Å²) in [4.78, 5) is 8.78. The summed E-state index contributed by atoms with van der Waals surface area (Å²) in [6.07, 6.45) is 3.57.